The summed E-state index contributed by atoms with van der Waals surface area (Å²) in [4.78, 5) is 13.2. The van der Waals surface area contributed by atoms with E-state index in [1.165, 1.54) is 4.90 Å². The van der Waals surface area contributed by atoms with Gasteiger partial charge in [0.1, 0.15) is 5.25 Å². The summed E-state index contributed by atoms with van der Waals surface area (Å²) in [6, 6.07) is 3.18. The lowest BCUT2D eigenvalue weighted by Crippen LogP contribution is -2.32. The lowest BCUT2D eigenvalue weighted by atomic mass is 10.2. The van der Waals surface area contributed by atoms with Crippen molar-refractivity contribution in [1.82, 2.24) is 0 Å². The molecule has 0 bridgehead atoms. The summed E-state index contributed by atoms with van der Waals surface area (Å²) >= 11 is 12.0. The normalized spacial score (nSPS) is 20.1. The molecule has 8 heteroatoms. The monoisotopic (exact) mass is 322 g/mol. The summed E-state index contributed by atoms with van der Waals surface area (Å²) in [5, 5.41) is 5.03. The molecule has 0 spiro atoms. The smallest absolute Gasteiger partial charge is 0.228 e. The number of anilines is 1. The van der Waals surface area contributed by atoms with Gasteiger partial charge in [-0.05, 0) is 24.6 Å². The van der Waals surface area contributed by atoms with Crippen molar-refractivity contribution in [2.24, 2.45) is 5.14 Å². The van der Waals surface area contributed by atoms with Gasteiger partial charge in [0.2, 0.25) is 15.9 Å². The molecule has 0 aliphatic carbocycles. The van der Waals surface area contributed by atoms with Crippen molar-refractivity contribution in [2.75, 3.05) is 11.4 Å². The van der Waals surface area contributed by atoms with Gasteiger partial charge >= 0.3 is 0 Å². The zero-order chi connectivity index (χ0) is 14.4. The minimum Gasteiger partial charge on any atom is -0.311 e. The number of carbonyl (C=O) groups is 1. The lowest BCUT2D eigenvalue weighted by molar-refractivity contribution is -0.117. The van der Waals surface area contributed by atoms with Crippen molar-refractivity contribution in [3.05, 3.63) is 27.7 Å². The van der Waals surface area contributed by atoms with Gasteiger partial charge in [-0.15, -0.1) is 0 Å². The number of rotatable bonds is 2. The Morgan fingerprint density at radius 3 is 2.26 bits per heavy atom. The van der Waals surface area contributed by atoms with E-state index in [9.17, 15) is 13.2 Å². The molecule has 0 aromatic heterocycles. The van der Waals surface area contributed by atoms with Crippen LogP contribution >= 0.6 is 23.2 Å². The molecule has 104 valence electrons. The molecule has 1 unspecified atom stereocenters. The summed E-state index contributed by atoms with van der Waals surface area (Å²) in [7, 11) is -3.73. The lowest BCUT2D eigenvalue weighted by Gasteiger charge is -2.18. The third-order valence-electron chi connectivity index (χ3n) is 3.13. The van der Waals surface area contributed by atoms with Crippen molar-refractivity contribution < 1.29 is 13.2 Å². The SMILES string of the molecule is Cc1c(Cl)cc(N2CC(S(N)(=O)=O)CC2=O)cc1Cl. The second kappa shape index (κ2) is 4.94. The number of hydrogen-bond acceptors (Lipinski definition) is 3. The minimum atomic E-state index is -3.73. The number of hydrogen-bond donors (Lipinski definition) is 1. The molecule has 1 fully saturated rings. The maximum atomic E-state index is 11.9. The number of sulfonamides is 1. The van der Waals surface area contributed by atoms with Gasteiger partial charge in [0.25, 0.3) is 0 Å². The number of carbonyl (C=O) groups excluding carboxylic acids is 1. The number of amides is 1. The maximum Gasteiger partial charge on any atom is 0.228 e. The Balaban J connectivity index is 2.36. The number of benzene rings is 1. The van der Waals surface area contributed by atoms with E-state index in [-0.39, 0.29) is 18.9 Å². The Bertz CT molecular complexity index is 622. The minimum absolute atomic E-state index is 0.0212. The van der Waals surface area contributed by atoms with Crippen LogP contribution in [-0.4, -0.2) is 26.1 Å². The third kappa shape index (κ3) is 2.86. The topological polar surface area (TPSA) is 80.5 Å². The standard InChI is InChI=1S/C11H12Cl2N2O3S/c1-6-9(12)2-7(3-10(6)13)15-5-8(4-11(15)16)19(14,17)18/h2-3,8H,4-5H2,1H3,(H2,14,17,18). The fourth-order valence-corrected chi connectivity index (χ4v) is 3.14. The van der Waals surface area contributed by atoms with Crippen molar-refractivity contribution in [2.45, 2.75) is 18.6 Å². The Kier molecular flexibility index (Phi) is 3.79. The fourth-order valence-electron chi connectivity index (χ4n) is 1.93. The van der Waals surface area contributed by atoms with E-state index in [2.05, 4.69) is 0 Å². The summed E-state index contributed by atoms with van der Waals surface area (Å²) in [6.07, 6.45) is -0.123. The molecule has 1 aliphatic heterocycles. The highest BCUT2D eigenvalue weighted by atomic mass is 35.5. The first-order chi connectivity index (χ1) is 8.70. The van der Waals surface area contributed by atoms with Crippen molar-refractivity contribution >= 4 is 44.8 Å². The first kappa shape index (κ1) is 14.6. The fraction of sp³-hybridized carbons (Fsp3) is 0.364. The number of primary sulfonamides is 1. The van der Waals surface area contributed by atoms with Gasteiger partial charge in [-0.2, -0.15) is 0 Å². The van der Waals surface area contributed by atoms with E-state index >= 15 is 0 Å². The molecule has 1 amide bonds. The second-order valence-electron chi connectivity index (χ2n) is 4.45. The highest BCUT2D eigenvalue weighted by Crippen LogP contribution is 2.32. The van der Waals surface area contributed by atoms with Gasteiger partial charge < -0.3 is 4.90 Å². The van der Waals surface area contributed by atoms with Crippen molar-refractivity contribution in [3.63, 3.8) is 0 Å². The molecule has 5 nitrogen and oxygen atoms in total. The molecule has 1 aromatic rings. The van der Waals surface area contributed by atoms with E-state index in [1.54, 1.807) is 19.1 Å². The van der Waals surface area contributed by atoms with Crippen LogP contribution < -0.4 is 10.0 Å². The van der Waals surface area contributed by atoms with Crippen LogP contribution in [0.3, 0.4) is 0 Å². The Labute approximate surface area is 121 Å². The van der Waals surface area contributed by atoms with Crippen molar-refractivity contribution in [3.8, 4) is 0 Å². The van der Waals surface area contributed by atoms with Crippen molar-refractivity contribution in [1.29, 1.82) is 0 Å². The van der Waals surface area contributed by atoms with Gasteiger partial charge in [-0.3, -0.25) is 4.79 Å². The quantitative estimate of drug-likeness (QED) is 0.899. The molecule has 1 saturated heterocycles. The average Bonchev–Trinajstić information content (AvgIpc) is 2.67. The summed E-state index contributed by atoms with van der Waals surface area (Å²) in [5.41, 5.74) is 1.19. The van der Waals surface area contributed by atoms with E-state index in [1.807, 2.05) is 0 Å². The molecule has 2 rings (SSSR count). The van der Waals surface area contributed by atoms with Crippen LogP contribution in [-0.2, 0) is 14.8 Å². The highest BCUT2D eigenvalue weighted by molar-refractivity contribution is 7.89. The maximum absolute atomic E-state index is 11.9. The molecule has 1 atom stereocenters. The molecule has 19 heavy (non-hydrogen) atoms. The number of nitrogens with zero attached hydrogens (tertiary/aromatic N) is 1. The predicted octanol–water partition coefficient (Wildman–Crippen LogP) is 1.70. The number of nitrogens with two attached hydrogens (primary N) is 1. The molecule has 1 heterocycles. The van der Waals surface area contributed by atoms with Crippen LogP contribution in [0.5, 0.6) is 0 Å². The summed E-state index contributed by atoms with van der Waals surface area (Å²) in [6.45, 7) is 1.78. The first-order valence-corrected chi connectivity index (χ1v) is 7.84. The largest absolute Gasteiger partial charge is 0.311 e. The van der Waals surface area contributed by atoms with Crippen LogP contribution in [0, 0.1) is 6.92 Å². The van der Waals surface area contributed by atoms with Gasteiger partial charge in [0.05, 0.1) is 0 Å². The molecular formula is C11H12Cl2N2O3S. The van der Waals surface area contributed by atoms with E-state index in [0.29, 0.717) is 21.3 Å². The Hall–Kier alpha value is -0.820. The van der Waals surface area contributed by atoms with E-state index in [0.717, 1.165) is 0 Å². The molecule has 1 aromatic carbocycles. The van der Waals surface area contributed by atoms with Crippen LogP contribution in [0.1, 0.15) is 12.0 Å². The Morgan fingerprint density at radius 2 is 1.84 bits per heavy atom. The van der Waals surface area contributed by atoms with Gasteiger partial charge in [-0.1, -0.05) is 23.2 Å². The van der Waals surface area contributed by atoms with Crippen LogP contribution in [0.15, 0.2) is 12.1 Å². The predicted molar refractivity (Wildman–Crippen MR) is 75.1 cm³/mol. The van der Waals surface area contributed by atoms with Crippen LogP contribution in [0.25, 0.3) is 0 Å². The molecule has 0 saturated carbocycles. The Morgan fingerprint density at radius 1 is 1.32 bits per heavy atom. The van der Waals surface area contributed by atoms with Gasteiger partial charge in [-0.25, -0.2) is 13.6 Å². The third-order valence-corrected chi connectivity index (χ3v) is 5.16. The molecule has 0 radical (unpaired) electrons. The van der Waals surface area contributed by atoms with E-state index in [4.69, 9.17) is 28.3 Å². The summed E-state index contributed by atoms with van der Waals surface area (Å²) < 4.78 is 22.6. The van der Waals surface area contributed by atoms with Crippen LogP contribution in [0.2, 0.25) is 10.0 Å². The zero-order valence-electron chi connectivity index (χ0n) is 10.1. The van der Waals surface area contributed by atoms with Crippen LogP contribution in [0.4, 0.5) is 5.69 Å². The van der Waals surface area contributed by atoms with Gasteiger partial charge in [0.15, 0.2) is 0 Å². The zero-order valence-corrected chi connectivity index (χ0v) is 12.4. The van der Waals surface area contributed by atoms with E-state index < -0.39 is 15.3 Å². The molecule has 2 N–H and O–H groups in total. The average molecular weight is 323 g/mol. The summed E-state index contributed by atoms with van der Waals surface area (Å²) in [5.74, 6) is -0.310. The number of halogens is 2. The first-order valence-electron chi connectivity index (χ1n) is 5.48. The van der Waals surface area contributed by atoms with Gasteiger partial charge in [0, 0.05) is 28.7 Å². The second-order valence-corrected chi connectivity index (χ2v) is 7.11. The molecule has 1 aliphatic rings. The highest BCUT2D eigenvalue weighted by Gasteiger charge is 2.37. The molecular weight excluding hydrogens is 311 g/mol.